The van der Waals surface area contributed by atoms with Crippen LogP contribution in [0.1, 0.15) is 0 Å². The SMILES string of the molecule is CS(=O)(=O)NCCN1CCS(=O)CC1. The van der Waals surface area contributed by atoms with Crippen molar-refractivity contribution in [3.63, 3.8) is 0 Å². The Hall–Kier alpha value is 0.0200. The number of sulfonamides is 1. The van der Waals surface area contributed by atoms with Crippen molar-refractivity contribution >= 4 is 20.8 Å². The lowest BCUT2D eigenvalue weighted by Crippen LogP contribution is -2.42. The second-order valence-electron chi connectivity index (χ2n) is 3.36. The van der Waals surface area contributed by atoms with Crippen molar-refractivity contribution in [1.29, 1.82) is 0 Å². The monoisotopic (exact) mass is 240 g/mol. The van der Waals surface area contributed by atoms with Crippen LogP contribution in [0, 0.1) is 0 Å². The Morgan fingerprint density at radius 2 is 1.93 bits per heavy atom. The summed E-state index contributed by atoms with van der Waals surface area (Å²) in [6.45, 7) is 2.74. The molecule has 7 heteroatoms. The summed E-state index contributed by atoms with van der Waals surface area (Å²) in [5.74, 6) is 1.41. The first-order valence-electron chi connectivity index (χ1n) is 4.49. The van der Waals surface area contributed by atoms with E-state index in [0.717, 1.165) is 19.3 Å². The molecular weight excluding hydrogens is 224 g/mol. The van der Waals surface area contributed by atoms with Gasteiger partial charge in [-0.25, -0.2) is 13.1 Å². The number of rotatable bonds is 4. The predicted octanol–water partition coefficient (Wildman–Crippen LogP) is -1.40. The van der Waals surface area contributed by atoms with E-state index in [2.05, 4.69) is 9.62 Å². The molecule has 0 saturated carbocycles. The first-order chi connectivity index (χ1) is 6.47. The molecule has 0 atom stereocenters. The quantitative estimate of drug-likeness (QED) is 0.656. The third kappa shape index (κ3) is 5.04. The van der Waals surface area contributed by atoms with Crippen molar-refractivity contribution < 1.29 is 12.6 Å². The average Bonchev–Trinajstić information content (AvgIpc) is 2.06. The van der Waals surface area contributed by atoms with Gasteiger partial charge in [0.2, 0.25) is 10.0 Å². The molecular formula is C7H16N2O3S2. The molecule has 1 saturated heterocycles. The molecule has 0 radical (unpaired) electrons. The smallest absolute Gasteiger partial charge is 0.208 e. The maximum absolute atomic E-state index is 11.0. The molecule has 1 aliphatic heterocycles. The van der Waals surface area contributed by atoms with E-state index in [0.29, 0.717) is 24.6 Å². The van der Waals surface area contributed by atoms with Crippen LogP contribution in [0.5, 0.6) is 0 Å². The van der Waals surface area contributed by atoms with Crippen LogP contribution in [0.15, 0.2) is 0 Å². The fourth-order valence-electron chi connectivity index (χ4n) is 1.29. The van der Waals surface area contributed by atoms with Gasteiger partial charge in [0.1, 0.15) is 0 Å². The maximum atomic E-state index is 11.0. The Kier molecular flexibility index (Phi) is 4.49. The molecule has 1 rings (SSSR count). The van der Waals surface area contributed by atoms with Gasteiger partial charge in [-0.15, -0.1) is 0 Å². The largest absolute Gasteiger partial charge is 0.300 e. The van der Waals surface area contributed by atoms with Crippen LogP contribution in [0.25, 0.3) is 0 Å². The second kappa shape index (κ2) is 5.20. The van der Waals surface area contributed by atoms with Crippen LogP contribution in [0.2, 0.25) is 0 Å². The van der Waals surface area contributed by atoms with Crippen molar-refractivity contribution in [3.8, 4) is 0 Å². The molecule has 0 aromatic carbocycles. The van der Waals surface area contributed by atoms with Crippen LogP contribution >= 0.6 is 0 Å². The van der Waals surface area contributed by atoms with Gasteiger partial charge >= 0.3 is 0 Å². The molecule has 1 heterocycles. The molecule has 5 nitrogen and oxygen atoms in total. The summed E-state index contributed by atoms with van der Waals surface area (Å²) in [6, 6.07) is 0. The Labute approximate surface area is 87.4 Å². The van der Waals surface area contributed by atoms with Gasteiger partial charge in [0.05, 0.1) is 6.26 Å². The first kappa shape index (κ1) is 12.1. The minimum Gasteiger partial charge on any atom is -0.300 e. The Bertz CT molecular complexity index is 292. The van der Waals surface area contributed by atoms with Gasteiger partial charge in [0.15, 0.2) is 0 Å². The van der Waals surface area contributed by atoms with E-state index in [1.807, 2.05) is 0 Å². The number of nitrogens with zero attached hydrogens (tertiary/aromatic N) is 1. The van der Waals surface area contributed by atoms with Gasteiger partial charge in [-0.1, -0.05) is 0 Å². The van der Waals surface area contributed by atoms with Crippen LogP contribution in [0.3, 0.4) is 0 Å². The van der Waals surface area contributed by atoms with Gasteiger partial charge in [-0.05, 0) is 0 Å². The molecule has 0 aliphatic carbocycles. The van der Waals surface area contributed by atoms with Gasteiger partial charge < -0.3 is 4.90 Å². The molecule has 0 aromatic rings. The minimum atomic E-state index is -3.07. The highest BCUT2D eigenvalue weighted by Gasteiger charge is 2.14. The highest BCUT2D eigenvalue weighted by Crippen LogP contribution is 1.98. The molecule has 1 fully saturated rings. The maximum Gasteiger partial charge on any atom is 0.208 e. The summed E-state index contributed by atoms with van der Waals surface area (Å²) < 4.78 is 34.9. The summed E-state index contributed by atoms with van der Waals surface area (Å²) in [5, 5.41) is 0. The lowest BCUT2D eigenvalue weighted by molar-refractivity contribution is 0.304. The summed E-state index contributed by atoms with van der Waals surface area (Å²) in [6.07, 6.45) is 1.15. The second-order valence-corrected chi connectivity index (χ2v) is 6.89. The van der Waals surface area contributed by atoms with Gasteiger partial charge in [0, 0.05) is 48.5 Å². The number of hydrogen-bond acceptors (Lipinski definition) is 4. The van der Waals surface area contributed by atoms with E-state index in [-0.39, 0.29) is 0 Å². The van der Waals surface area contributed by atoms with Crippen LogP contribution < -0.4 is 4.72 Å². The molecule has 0 unspecified atom stereocenters. The highest BCUT2D eigenvalue weighted by atomic mass is 32.2. The molecule has 1 aliphatic rings. The average molecular weight is 240 g/mol. The highest BCUT2D eigenvalue weighted by molar-refractivity contribution is 7.88. The normalized spacial score (nSPS) is 21.2. The van der Waals surface area contributed by atoms with E-state index in [4.69, 9.17) is 0 Å². The van der Waals surface area contributed by atoms with Gasteiger partial charge in [-0.3, -0.25) is 4.21 Å². The van der Waals surface area contributed by atoms with Crippen molar-refractivity contribution in [2.24, 2.45) is 0 Å². The summed E-state index contributed by atoms with van der Waals surface area (Å²) in [7, 11) is -3.74. The Morgan fingerprint density at radius 3 is 2.43 bits per heavy atom. The fraction of sp³-hybridized carbons (Fsp3) is 1.00. The molecule has 0 spiro atoms. The van der Waals surface area contributed by atoms with Crippen LogP contribution in [0.4, 0.5) is 0 Å². The third-order valence-electron chi connectivity index (χ3n) is 2.06. The Balaban J connectivity index is 2.17. The lowest BCUT2D eigenvalue weighted by Gasteiger charge is -2.25. The van der Waals surface area contributed by atoms with E-state index in [1.54, 1.807) is 0 Å². The van der Waals surface area contributed by atoms with Crippen LogP contribution in [-0.4, -0.2) is 61.5 Å². The zero-order chi connectivity index (χ0) is 10.6. The number of hydrogen-bond donors (Lipinski definition) is 1. The topological polar surface area (TPSA) is 66.5 Å². The van der Waals surface area contributed by atoms with E-state index < -0.39 is 20.8 Å². The van der Waals surface area contributed by atoms with Crippen molar-refractivity contribution in [3.05, 3.63) is 0 Å². The zero-order valence-corrected chi connectivity index (χ0v) is 9.86. The summed E-state index contributed by atoms with van der Waals surface area (Å²) >= 11 is 0. The minimum absolute atomic E-state index is 0.436. The molecule has 0 aromatic heterocycles. The van der Waals surface area contributed by atoms with E-state index >= 15 is 0 Å². The van der Waals surface area contributed by atoms with Crippen LogP contribution in [-0.2, 0) is 20.8 Å². The Morgan fingerprint density at radius 1 is 1.36 bits per heavy atom. The van der Waals surface area contributed by atoms with E-state index in [1.165, 1.54) is 0 Å². The van der Waals surface area contributed by atoms with Gasteiger partial charge in [-0.2, -0.15) is 0 Å². The summed E-state index contributed by atoms with van der Waals surface area (Å²) in [5.41, 5.74) is 0. The van der Waals surface area contributed by atoms with Crippen molar-refractivity contribution in [2.45, 2.75) is 0 Å². The van der Waals surface area contributed by atoms with Crippen molar-refractivity contribution in [1.82, 2.24) is 9.62 Å². The number of nitrogens with one attached hydrogen (secondary N) is 1. The standard InChI is InChI=1S/C7H16N2O3S2/c1-14(11,12)8-2-3-9-4-6-13(10)7-5-9/h8H,2-7H2,1H3. The third-order valence-corrected chi connectivity index (χ3v) is 4.07. The lowest BCUT2D eigenvalue weighted by atomic mass is 10.5. The molecule has 14 heavy (non-hydrogen) atoms. The van der Waals surface area contributed by atoms with Gasteiger partial charge in [0.25, 0.3) is 0 Å². The predicted molar refractivity (Wildman–Crippen MR) is 57.2 cm³/mol. The molecule has 84 valence electrons. The fourth-order valence-corrected chi connectivity index (χ4v) is 2.88. The molecule has 1 N–H and O–H groups in total. The summed E-state index contributed by atoms with van der Waals surface area (Å²) in [4.78, 5) is 2.12. The van der Waals surface area contributed by atoms with Crippen molar-refractivity contribution in [2.75, 3.05) is 43.9 Å². The van der Waals surface area contributed by atoms with E-state index in [9.17, 15) is 12.6 Å². The first-order valence-corrected chi connectivity index (χ1v) is 7.87. The molecule has 0 amide bonds. The molecule has 0 bridgehead atoms. The zero-order valence-electron chi connectivity index (χ0n) is 8.23.